The van der Waals surface area contributed by atoms with Crippen LogP contribution in [0.2, 0.25) is 0 Å². The van der Waals surface area contributed by atoms with Crippen LogP contribution in [0, 0.1) is 5.92 Å². The maximum absolute atomic E-state index is 11.3. The van der Waals surface area contributed by atoms with Gasteiger partial charge in [0.1, 0.15) is 12.0 Å². The van der Waals surface area contributed by atoms with Gasteiger partial charge in [-0.05, 0) is 26.3 Å². The van der Waals surface area contributed by atoms with Crippen molar-refractivity contribution >= 4 is 11.8 Å². The average molecular weight is 182 g/mol. The Kier molecular flexibility index (Phi) is 2.86. The molecule has 1 fully saturated rings. The fraction of sp³-hybridized carbons (Fsp3) is 0.600. The minimum Gasteiger partial charge on any atom is -0.457 e. The van der Waals surface area contributed by atoms with Crippen LogP contribution >= 0.6 is 0 Å². The summed E-state index contributed by atoms with van der Waals surface area (Å²) in [5.41, 5.74) is 0.939. The van der Waals surface area contributed by atoms with Gasteiger partial charge in [-0.1, -0.05) is 6.08 Å². The van der Waals surface area contributed by atoms with Crippen LogP contribution in [0.5, 0.6) is 0 Å². The Morgan fingerprint density at radius 1 is 1.54 bits per heavy atom. The Morgan fingerprint density at radius 2 is 2.15 bits per heavy atom. The van der Waals surface area contributed by atoms with E-state index < -0.39 is 11.9 Å². The fourth-order valence-corrected chi connectivity index (χ4v) is 1.21. The third kappa shape index (κ3) is 1.97. The monoisotopic (exact) mass is 182 g/mol. The molecule has 0 amide bonds. The van der Waals surface area contributed by atoms with E-state index in [1.807, 2.05) is 19.9 Å². The Bertz CT molecular complexity index is 247. The van der Waals surface area contributed by atoms with Crippen LogP contribution in [-0.2, 0) is 14.3 Å². The van der Waals surface area contributed by atoms with Crippen molar-refractivity contribution in [2.24, 2.45) is 5.92 Å². The normalized spacial score (nSPS) is 30.2. The molecule has 1 aliphatic heterocycles. The summed E-state index contributed by atoms with van der Waals surface area (Å²) in [6, 6.07) is 0. The molecule has 0 N–H and O–H groups in total. The Balaban J connectivity index is 2.75. The Hall–Kier alpha value is -1.12. The maximum Gasteiger partial charge on any atom is 0.316 e. The van der Waals surface area contributed by atoms with Crippen molar-refractivity contribution in [3.63, 3.8) is 0 Å². The van der Waals surface area contributed by atoms with Crippen molar-refractivity contribution in [3.05, 3.63) is 11.6 Å². The topological polar surface area (TPSA) is 43.4 Å². The van der Waals surface area contributed by atoms with Gasteiger partial charge in [0.25, 0.3) is 0 Å². The van der Waals surface area contributed by atoms with E-state index in [0.717, 1.165) is 5.57 Å². The predicted octanol–water partition coefficient (Wildman–Crippen LogP) is 1.47. The van der Waals surface area contributed by atoms with Crippen molar-refractivity contribution in [1.82, 2.24) is 0 Å². The van der Waals surface area contributed by atoms with Gasteiger partial charge in [0.2, 0.25) is 0 Å². The first-order valence-electron chi connectivity index (χ1n) is 4.42. The maximum atomic E-state index is 11.3. The number of ketones is 1. The first kappa shape index (κ1) is 9.96. The van der Waals surface area contributed by atoms with E-state index >= 15 is 0 Å². The van der Waals surface area contributed by atoms with Crippen LogP contribution in [0.4, 0.5) is 0 Å². The molecule has 3 nitrogen and oxygen atoms in total. The predicted molar refractivity (Wildman–Crippen MR) is 48.1 cm³/mol. The molecule has 0 aromatic carbocycles. The fourth-order valence-electron chi connectivity index (χ4n) is 1.21. The zero-order valence-corrected chi connectivity index (χ0v) is 8.16. The third-order valence-corrected chi connectivity index (χ3v) is 2.44. The quantitative estimate of drug-likeness (QED) is 0.350. The first-order valence-corrected chi connectivity index (χ1v) is 4.42. The summed E-state index contributed by atoms with van der Waals surface area (Å²) in [6.07, 6.45) is 1.85. The van der Waals surface area contributed by atoms with Gasteiger partial charge in [0, 0.05) is 6.42 Å². The average Bonchev–Trinajstić information content (AvgIpc) is 2.12. The number of ether oxygens (including phenoxy) is 1. The highest BCUT2D eigenvalue weighted by atomic mass is 16.5. The zero-order valence-electron chi connectivity index (χ0n) is 8.16. The van der Waals surface area contributed by atoms with Gasteiger partial charge in [-0.2, -0.15) is 0 Å². The number of carbonyl (C=O) groups is 2. The number of cyclic esters (lactones) is 1. The molecule has 0 spiro atoms. The number of carbonyl (C=O) groups excluding carboxylic acids is 2. The van der Waals surface area contributed by atoms with Crippen LogP contribution in [0.3, 0.4) is 0 Å². The van der Waals surface area contributed by atoms with E-state index in [2.05, 4.69) is 0 Å². The molecule has 0 saturated carbocycles. The van der Waals surface area contributed by atoms with Crippen molar-refractivity contribution in [1.29, 1.82) is 0 Å². The molecule has 72 valence electrons. The lowest BCUT2D eigenvalue weighted by Crippen LogP contribution is -2.37. The Labute approximate surface area is 77.8 Å². The molecule has 2 atom stereocenters. The standard InChI is InChI=1S/C10H14O3/c1-4-6(2)9-5-8(11)7(3)10(12)13-9/h4,7,9H,5H2,1-3H3. The smallest absolute Gasteiger partial charge is 0.316 e. The Morgan fingerprint density at radius 3 is 2.62 bits per heavy atom. The van der Waals surface area contributed by atoms with Crippen molar-refractivity contribution < 1.29 is 14.3 Å². The van der Waals surface area contributed by atoms with E-state index in [9.17, 15) is 9.59 Å². The molecule has 0 aromatic heterocycles. The van der Waals surface area contributed by atoms with E-state index in [-0.39, 0.29) is 11.9 Å². The number of rotatable bonds is 1. The van der Waals surface area contributed by atoms with Gasteiger partial charge in [0.15, 0.2) is 5.78 Å². The molecular formula is C10H14O3. The molecule has 1 saturated heterocycles. The van der Waals surface area contributed by atoms with Crippen LogP contribution in [0.25, 0.3) is 0 Å². The molecular weight excluding hydrogens is 168 g/mol. The summed E-state index contributed by atoms with van der Waals surface area (Å²) in [4.78, 5) is 22.5. The van der Waals surface area contributed by atoms with E-state index in [0.29, 0.717) is 6.42 Å². The van der Waals surface area contributed by atoms with Crippen LogP contribution in [0.1, 0.15) is 27.2 Å². The molecule has 1 rings (SSSR count). The van der Waals surface area contributed by atoms with Crippen molar-refractivity contribution in [2.75, 3.05) is 0 Å². The van der Waals surface area contributed by atoms with Crippen LogP contribution in [0.15, 0.2) is 11.6 Å². The molecule has 13 heavy (non-hydrogen) atoms. The second kappa shape index (κ2) is 3.73. The SMILES string of the molecule is CC=C(C)C1CC(=O)C(C)C(=O)O1. The van der Waals surface area contributed by atoms with Crippen molar-refractivity contribution in [3.8, 4) is 0 Å². The summed E-state index contributed by atoms with van der Waals surface area (Å²) >= 11 is 0. The second-order valence-electron chi connectivity index (χ2n) is 3.35. The summed E-state index contributed by atoms with van der Waals surface area (Å²) < 4.78 is 5.09. The number of esters is 1. The van der Waals surface area contributed by atoms with E-state index in [1.165, 1.54) is 0 Å². The lowest BCUT2D eigenvalue weighted by atomic mass is 9.94. The molecule has 0 aliphatic carbocycles. The minimum absolute atomic E-state index is 0.0255. The summed E-state index contributed by atoms with van der Waals surface area (Å²) in [6.45, 7) is 5.32. The van der Waals surface area contributed by atoms with E-state index in [1.54, 1.807) is 6.92 Å². The summed E-state index contributed by atoms with van der Waals surface area (Å²) in [5, 5.41) is 0. The molecule has 3 heteroatoms. The largest absolute Gasteiger partial charge is 0.457 e. The second-order valence-corrected chi connectivity index (χ2v) is 3.35. The first-order chi connectivity index (χ1) is 6.06. The number of hydrogen-bond acceptors (Lipinski definition) is 3. The summed E-state index contributed by atoms with van der Waals surface area (Å²) in [5.74, 6) is -1.01. The molecule has 0 bridgehead atoms. The third-order valence-electron chi connectivity index (χ3n) is 2.44. The number of hydrogen-bond donors (Lipinski definition) is 0. The number of allylic oxidation sites excluding steroid dienone is 1. The molecule has 0 aromatic rings. The molecule has 1 heterocycles. The van der Waals surface area contributed by atoms with Gasteiger partial charge in [0.05, 0.1) is 0 Å². The highest BCUT2D eigenvalue weighted by Gasteiger charge is 2.34. The zero-order chi connectivity index (χ0) is 10.0. The van der Waals surface area contributed by atoms with Gasteiger partial charge >= 0.3 is 5.97 Å². The highest BCUT2D eigenvalue weighted by molar-refractivity contribution is 6.00. The molecule has 0 radical (unpaired) electrons. The van der Waals surface area contributed by atoms with Crippen molar-refractivity contribution in [2.45, 2.75) is 33.3 Å². The van der Waals surface area contributed by atoms with Gasteiger partial charge in [-0.3, -0.25) is 9.59 Å². The van der Waals surface area contributed by atoms with Gasteiger partial charge < -0.3 is 4.74 Å². The van der Waals surface area contributed by atoms with Crippen LogP contribution < -0.4 is 0 Å². The van der Waals surface area contributed by atoms with Gasteiger partial charge in [-0.25, -0.2) is 0 Å². The lowest BCUT2D eigenvalue weighted by molar-refractivity contribution is -0.161. The van der Waals surface area contributed by atoms with Crippen LogP contribution in [-0.4, -0.2) is 17.9 Å². The minimum atomic E-state index is -0.582. The number of Topliss-reactive ketones (excluding diaryl/α,β-unsaturated/α-hetero) is 1. The van der Waals surface area contributed by atoms with Gasteiger partial charge in [-0.15, -0.1) is 0 Å². The molecule has 1 aliphatic rings. The molecule has 2 unspecified atom stereocenters. The summed E-state index contributed by atoms with van der Waals surface area (Å²) in [7, 11) is 0. The lowest BCUT2D eigenvalue weighted by Gasteiger charge is -2.25. The van der Waals surface area contributed by atoms with E-state index in [4.69, 9.17) is 4.74 Å². The highest BCUT2D eigenvalue weighted by Crippen LogP contribution is 2.21.